The van der Waals surface area contributed by atoms with Gasteiger partial charge in [0.05, 0.1) is 6.21 Å². The van der Waals surface area contributed by atoms with E-state index in [0.29, 0.717) is 11.7 Å². The zero-order valence-corrected chi connectivity index (χ0v) is 17.3. The molecule has 0 atom stereocenters. The summed E-state index contributed by atoms with van der Waals surface area (Å²) in [5, 5.41) is 10.1. The molecule has 0 amide bonds. The van der Waals surface area contributed by atoms with Crippen LogP contribution in [0.15, 0.2) is 70.2 Å². The van der Waals surface area contributed by atoms with Crippen molar-refractivity contribution in [3.63, 3.8) is 0 Å². The molecule has 0 aliphatic carbocycles. The van der Waals surface area contributed by atoms with Crippen molar-refractivity contribution in [2.75, 3.05) is 6.54 Å². The van der Waals surface area contributed by atoms with Crippen LogP contribution in [0.4, 0.5) is 0 Å². The number of ether oxygens (including phenoxy) is 1. The Hall–Kier alpha value is -2.44. The summed E-state index contributed by atoms with van der Waals surface area (Å²) in [7, 11) is 0. The molecule has 3 aromatic rings. The van der Waals surface area contributed by atoms with Crippen LogP contribution in [-0.2, 0) is 6.61 Å². The minimum atomic E-state index is 0.483. The van der Waals surface area contributed by atoms with Gasteiger partial charge in [0.2, 0.25) is 0 Å². The fourth-order valence-electron chi connectivity index (χ4n) is 2.60. The smallest absolute Gasteiger partial charge is 0.186 e. The second-order valence-corrected chi connectivity index (χ2v) is 7.21. The van der Waals surface area contributed by atoms with Crippen molar-refractivity contribution in [3.8, 4) is 5.75 Å². The third kappa shape index (κ3) is 5.52. The third-order valence-corrected chi connectivity index (χ3v) is 4.62. The van der Waals surface area contributed by atoms with Crippen LogP contribution >= 0.6 is 28.1 Å². The Morgan fingerprint density at radius 2 is 1.93 bits per heavy atom. The highest BCUT2D eigenvalue weighted by atomic mass is 79.9. The number of nitrogens with one attached hydrogen (secondary N) is 2. The van der Waals surface area contributed by atoms with Crippen molar-refractivity contribution in [2.24, 2.45) is 5.10 Å². The summed E-state index contributed by atoms with van der Waals surface area (Å²) in [6.45, 7) is 3.21. The number of halogens is 1. The molecule has 0 unspecified atom stereocenters. The maximum atomic E-state index is 6.04. The molecule has 0 aliphatic heterocycles. The normalized spacial score (nSPS) is 10.9. The van der Waals surface area contributed by atoms with Crippen LogP contribution in [0.3, 0.4) is 0 Å². The lowest BCUT2D eigenvalue weighted by Crippen LogP contribution is -2.31. The molecule has 0 heterocycles. The number of hydrogen-bond donors (Lipinski definition) is 2. The summed E-state index contributed by atoms with van der Waals surface area (Å²) in [4.78, 5) is 0. The SMILES string of the molecule is CCNC(=S)NN=Cc1cc(Br)ccc1OCc1ccc2ccccc2c1. The van der Waals surface area contributed by atoms with Crippen LogP contribution in [0.5, 0.6) is 5.75 Å². The fourth-order valence-corrected chi connectivity index (χ4v) is 3.18. The van der Waals surface area contributed by atoms with Crippen molar-refractivity contribution in [1.82, 2.24) is 10.7 Å². The van der Waals surface area contributed by atoms with Crippen LogP contribution in [0.2, 0.25) is 0 Å². The van der Waals surface area contributed by atoms with Crippen molar-refractivity contribution < 1.29 is 4.74 Å². The maximum absolute atomic E-state index is 6.04. The molecule has 0 bridgehead atoms. The molecule has 0 aromatic heterocycles. The lowest BCUT2D eigenvalue weighted by atomic mass is 10.1. The van der Waals surface area contributed by atoms with E-state index in [1.807, 2.05) is 37.3 Å². The summed E-state index contributed by atoms with van der Waals surface area (Å²) in [6, 6.07) is 20.5. The summed E-state index contributed by atoms with van der Waals surface area (Å²) in [5.41, 5.74) is 4.77. The summed E-state index contributed by atoms with van der Waals surface area (Å²) >= 11 is 8.59. The molecule has 0 saturated carbocycles. The van der Waals surface area contributed by atoms with E-state index < -0.39 is 0 Å². The van der Waals surface area contributed by atoms with Gasteiger partial charge in [-0.1, -0.05) is 52.3 Å². The van der Waals surface area contributed by atoms with E-state index in [9.17, 15) is 0 Å². The fraction of sp³-hybridized carbons (Fsp3) is 0.143. The van der Waals surface area contributed by atoms with Gasteiger partial charge in [0.1, 0.15) is 12.4 Å². The summed E-state index contributed by atoms with van der Waals surface area (Å²) in [5.74, 6) is 0.756. The van der Waals surface area contributed by atoms with Gasteiger partial charge in [0.15, 0.2) is 5.11 Å². The highest BCUT2D eigenvalue weighted by Crippen LogP contribution is 2.23. The number of nitrogens with zero attached hydrogens (tertiary/aromatic N) is 1. The quantitative estimate of drug-likeness (QED) is 0.321. The van der Waals surface area contributed by atoms with E-state index in [2.05, 4.69) is 62.1 Å². The number of hydrogen-bond acceptors (Lipinski definition) is 3. The average molecular weight is 442 g/mol. The Balaban J connectivity index is 1.71. The molecule has 0 radical (unpaired) electrons. The maximum Gasteiger partial charge on any atom is 0.186 e. The summed E-state index contributed by atoms with van der Waals surface area (Å²) in [6.07, 6.45) is 1.70. The lowest BCUT2D eigenvalue weighted by molar-refractivity contribution is 0.306. The minimum absolute atomic E-state index is 0.483. The van der Waals surface area contributed by atoms with Gasteiger partial charge in [-0.3, -0.25) is 5.43 Å². The van der Waals surface area contributed by atoms with Gasteiger partial charge in [-0.05, 0) is 59.7 Å². The Morgan fingerprint density at radius 3 is 2.74 bits per heavy atom. The Bertz CT molecular complexity index is 975. The Kier molecular flexibility index (Phi) is 6.79. The molecule has 2 N–H and O–H groups in total. The molecule has 4 nitrogen and oxygen atoms in total. The molecule has 3 rings (SSSR count). The molecule has 6 heteroatoms. The zero-order chi connectivity index (χ0) is 19.1. The van der Waals surface area contributed by atoms with Crippen LogP contribution in [0.25, 0.3) is 10.8 Å². The number of rotatable bonds is 6. The number of fused-ring (bicyclic) bond motifs is 1. The van der Waals surface area contributed by atoms with Crippen LogP contribution in [0, 0.1) is 0 Å². The molecular weight excluding hydrogens is 422 g/mol. The third-order valence-electron chi connectivity index (χ3n) is 3.89. The Morgan fingerprint density at radius 1 is 1.11 bits per heavy atom. The molecule has 138 valence electrons. The van der Waals surface area contributed by atoms with E-state index in [-0.39, 0.29) is 0 Å². The molecule has 27 heavy (non-hydrogen) atoms. The van der Waals surface area contributed by atoms with Crippen molar-refractivity contribution in [3.05, 3.63) is 76.3 Å². The molecular formula is C21H20BrN3OS. The van der Waals surface area contributed by atoms with E-state index in [1.54, 1.807) is 6.21 Å². The molecule has 3 aromatic carbocycles. The van der Waals surface area contributed by atoms with Crippen molar-refractivity contribution in [2.45, 2.75) is 13.5 Å². The van der Waals surface area contributed by atoms with Gasteiger partial charge in [-0.25, -0.2) is 0 Å². The second-order valence-electron chi connectivity index (χ2n) is 5.88. The van der Waals surface area contributed by atoms with Gasteiger partial charge >= 0.3 is 0 Å². The van der Waals surface area contributed by atoms with Crippen molar-refractivity contribution >= 4 is 50.2 Å². The van der Waals surface area contributed by atoms with Gasteiger partial charge < -0.3 is 10.1 Å². The first-order chi connectivity index (χ1) is 13.2. The van der Waals surface area contributed by atoms with E-state index >= 15 is 0 Å². The zero-order valence-electron chi connectivity index (χ0n) is 14.9. The standard InChI is InChI=1S/C21H20BrN3OS/c1-2-23-21(27)25-24-13-18-12-19(22)9-10-20(18)26-14-15-7-8-16-5-3-4-6-17(16)11-15/h3-13H,2,14H2,1H3,(H2,23,25,27). The molecule has 0 fully saturated rings. The van der Waals surface area contributed by atoms with E-state index in [0.717, 1.165) is 27.9 Å². The highest BCUT2D eigenvalue weighted by Gasteiger charge is 2.04. The van der Waals surface area contributed by atoms with Gasteiger partial charge in [0.25, 0.3) is 0 Å². The van der Waals surface area contributed by atoms with Crippen LogP contribution in [0.1, 0.15) is 18.1 Å². The summed E-state index contributed by atoms with van der Waals surface area (Å²) < 4.78 is 7.00. The second kappa shape index (κ2) is 9.48. The molecule has 0 aliphatic rings. The van der Waals surface area contributed by atoms with E-state index in [4.69, 9.17) is 17.0 Å². The van der Waals surface area contributed by atoms with Gasteiger partial charge in [0, 0.05) is 16.6 Å². The first-order valence-corrected chi connectivity index (χ1v) is 9.83. The van der Waals surface area contributed by atoms with Gasteiger partial charge in [-0.2, -0.15) is 5.10 Å². The topological polar surface area (TPSA) is 45.7 Å². The lowest BCUT2D eigenvalue weighted by Gasteiger charge is -2.11. The van der Waals surface area contributed by atoms with Gasteiger partial charge in [-0.15, -0.1) is 0 Å². The molecule has 0 spiro atoms. The predicted octanol–water partition coefficient (Wildman–Crippen LogP) is 5.00. The van der Waals surface area contributed by atoms with Crippen LogP contribution in [-0.4, -0.2) is 17.9 Å². The first-order valence-electron chi connectivity index (χ1n) is 8.62. The Labute approximate surface area is 172 Å². The number of thiocarbonyl (C=S) groups is 1. The van der Waals surface area contributed by atoms with Crippen LogP contribution < -0.4 is 15.5 Å². The predicted molar refractivity (Wildman–Crippen MR) is 119 cm³/mol. The first kappa shape index (κ1) is 19.3. The largest absolute Gasteiger partial charge is 0.488 e. The minimum Gasteiger partial charge on any atom is -0.488 e. The highest BCUT2D eigenvalue weighted by molar-refractivity contribution is 9.10. The van der Waals surface area contributed by atoms with E-state index in [1.165, 1.54) is 10.8 Å². The average Bonchev–Trinajstić information content (AvgIpc) is 2.67. The molecule has 0 saturated heterocycles. The number of hydrazone groups is 1. The number of benzene rings is 3. The monoisotopic (exact) mass is 441 g/mol. The van der Waals surface area contributed by atoms with Crippen molar-refractivity contribution in [1.29, 1.82) is 0 Å².